The minimum Gasteiger partial charge on any atom is -0.506 e. The zero-order chi connectivity index (χ0) is 17.6. The molecule has 6 heteroatoms. The fourth-order valence-corrected chi connectivity index (χ4v) is 3.57. The van der Waals surface area contributed by atoms with Crippen molar-refractivity contribution in [1.29, 1.82) is 0 Å². The zero-order valence-electron chi connectivity index (χ0n) is 13.3. The Balaban J connectivity index is 1.88. The van der Waals surface area contributed by atoms with E-state index in [-0.39, 0.29) is 11.3 Å². The summed E-state index contributed by atoms with van der Waals surface area (Å²) in [6.07, 6.45) is 1.68. The quantitative estimate of drug-likeness (QED) is 0.739. The van der Waals surface area contributed by atoms with Crippen LogP contribution in [0.25, 0.3) is 10.9 Å². The van der Waals surface area contributed by atoms with Gasteiger partial charge < -0.3 is 15.0 Å². The number of hydrogen-bond acceptors (Lipinski definition) is 3. The van der Waals surface area contributed by atoms with Gasteiger partial charge in [0.2, 0.25) is 0 Å². The molecule has 0 radical (unpaired) electrons. The van der Waals surface area contributed by atoms with E-state index in [9.17, 15) is 14.7 Å². The summed E-state index contributed by atoms with van der Waals surface area (Å²) in [6, 6.07) is 12.1. The van der Waals surface area contributed by atoms with Crippen molar-refractivity contribution in [2.45, 2.75) is 19.4 Å². The number of pyridine rings is 1. The summed E-state index contributed by atoms with van der Waals surface area (Å²) in [5, 5.41) is 14.2. The number of carbonyl (C=O) groups is 1. The number of anilines is 1. The summed E-state index contributed by atoms with van der Waals surface area (Å²) < 4.78 is 1.58. The van der Waals surface area contributed by atoms with Crippen molar-refractivity contribution < 1.29 is 9.90 Å². The van der Waals surface area contributed by atoms with Crippen LogP contribution in [0.4, 0.5) is 5.69 Å². The van der Waals surface area contributed by atoms with Gasteiger partial charge in [0.05, 0.1) is 5.52 Å². The molecule has 1 aromatic heterocycles. The van der Waals surface area contributed by atoms with Gasteiger partial charge in [0, 0.05) is 22.6 Å². The minimum absolute atomic E-state index is 0.244. The van der Waals surface area contributed by atoms with E-state index >= 15 is 0 Å². The third kappa shape index (κ3) is 2.57. The minimum atomic E-state index is -0.647. The van der Waals surface area contributed by atoms with Gasteiger partial charge in [-0.3, -0.25) is 9.59 Å². The first-order chi connectivity index (χ1) is 12.1. The molecule has 1 amide bonds. The third-order valence-corrected chi connectivity index (χ3v) is 4.71. The smallest absolute Gasteiger partial charge is 0.267 e. The molecule has 126 valence electrons. The first-order valence-electron chi connectivity index (χ1n) is 8.00. The Morgan fingerprint density at radius 3 is 2.80 bits per heavy atom. The van der Waals surface area contributed by atoms with Gasteiger partial charge in [-0.2, -0.15) is 0 Å². The molecule has 0 atom stereocenters. The van der Waals surface area contributed by atoms with E-state index in [0.29, 0.717) is 22.6 Å². The number of halogens is 1. The molecule has 1 aliphatic heterocycles. The summed E-state index contributed by atoms with van der Waals surface area (Å²) in [4.78, 5) is 25.5. The number of para-hydroxylation sites is 1. The highest BCUT2D eigenvalue weighted by Crippen LogP contribution is 2.31. The van der Waals surface area contributed by atoms with Gasteiger partial charge in [-0.05, 0) is 42.7 Å². The van der Waals surface area contributed by atoms with Gasteiger partial charge in [-0.25, -0.2) is 0 Å². The van der Waals surface area contributed by atoms with Crippen molar-refractivity contribution in [2.75, 3.05) is 5.32 Å². The Hall–Kier alpha value is -2.79. The molecule has 0 bridgehead atoms. The number of aromatic hydroxyl groups is 1. The molecule has 2 aromatic carbocycles. The van der Waals surface area contributed by atoms with Crippen molar-refractivity contribution in [1.82, 2.24) is 4.57 Å². The maximum absolute atomic E-state index is 12.8. The van der Waals surface area contributed by atoms with Crippen molar-refractivity contribution >= 4 is 34.1 Å². The largest absolute Gasteiger partial charge is 0.506 e. The van der Waals surface area contributed by atoms with E-state index in [2.05, 4.69) is 5.32 Å². The molecule has 0 spiro atoms. The van der Waals surface area contributed by atoms with Crippen LogP contribution in [0.15, 0.2) is 47.3 Å². The molecule has 0 saturated heterocycles. The fraction of sp³-hybridized carbons (Fsp3) is 0.158. The summed E-state index contributed by atoms with van der Waals surface area (Å²) in [5.74, 6) is -0.925. The molecular weight excluding hydrogens is 340 g/mol. The Bertz CT molecular complexity index is 1070. The Morgan fingerprint density at radius 1 is 1.20 bits per heavy atom. The van der Waals surface area contributed by atoms with Crippen molar-refractivity contribution in [3.63, 3.8) is 0 Å². The molecule has 0 fully saturated rings. The molecule has 2 N–H and O–H groups in total. The number of aryl methyl sites for hydroxylation is 2. The molecule has 0 saturated carbocycles. The van der Waals surface area contributed by atoms with Gasteiger partial charge in [-0.1, -0.05) is 29.8 Å². The maximum Gasteiger partial charge on any atom is 0.267 e. The van der Waals surface area contributed by atoms with Gasteiger partial charge in [0.15, 0.2) is 0 Å². The first kappa shape index (κ1) is 15.7. The standard InChI is InChI=1S/C19H15ClN2O3/c20-12-6-2-7-13(10-12)21-18(24)15-17(23)14-8-1-4-11-5-3-9-22(16(11)14)19(15)25/h1-2,4,6-8,10,23H,3,5,9H2,(H,21,24). The number of amides is 1. The van der Waals surface area contributed by atoms with Crippen LogP contribution in [0.1, 0.15) is 22.3 Å². The van der Waals surface area contributed by atoms with Crippen molar-refractivity contribution in [3.05, 3.63) is 69.0 Å². The number of rotatable bonds is 2. The molecule has 4 rings (SSSR count). The van der Waals surface area contributed by atoms with Crippen LogP contribution in [0.2, 0.25) is 5.02 Å². The lowest BCUT2D eigenvalue weighted by Crippen LogP contribution is -2.31. The SMILES string of the molecule is O=C(Nc1cccc(Cl)c1)c1c(O)c2cccc3c2n(c1=O)CCC3. The van der Waals surface area contributed by atoms with Crippen LogP contribution in [0, 0.1) is 0 Å². The normalized spacial score (nSPS) is 13.0. The number of aromatic nitrogens is 1. The Morgan fingerprint density at radius 2 is 2.00 bits per heavy atom. The maximum atomic E-state index is 12.8. The predicted molar refractivity (Wildman–Crippen MR) is 97.6 cm³/mol. The van der Waals surface area contributed by atoms with Crippen LogP contribution < -0.4 is 10.9 Å². The molecule has 1 aliphatic rings. The topological polar surface area (TPSA) is 71.3 Å². The van der Waals surface area contributed by atoms with Gasteiger partial charge >= 0.3 is 0 Å². The first-order valence-corrected chi connectivity index (χ1v) is 8.38. The molecule has 5 nitrogen and oxygen atoms in total. The number of benzene rings is 2. The van der Waals surface area contributed by atoms with Gasteiger partial charge in [0.25, 0.3) is 11.5 Å². The number of nitrogens with one attached hydrogen (secondary N) is 1. The van der Waals surface area contributed by atoms with Crippen molar-refractivity contribution in [3.8, 4) is 5.75 Å². The van der Waals surface area contributed by atoms with Crippen LogP contribution in [0.3, 0.4) is 0 Å². The van der Waals surface area contributed by atoms with Crippen molar-refractivity contribution in [2.24, 2.45) is 0 Å². The van der Waals surface area contributed by atoms with Gasteiger partial charge in [0.1, 0.15) is 11.3 Å². The summed E-state index contributed by atoms with van der Waals surface area (Å²) in [5.41, 5.74) is 1.47. The summed E-state index contributed by atoms with van der Waals surface area (Å²) in [7, 11) is 0. The van der Waals surface area contributed by atoms with Crippen LogP contribution >= 0.6 is 11.6 Å². The average Bonchev–Trinajstić information content (AvgIpc) is 2.59. The Labute approximate surface area is 148 Å². The van der Waals surface area contributed by atoms with E-state index in [1.807, 2.05) is 12.1 Å². The lowest BCUT2D eigenvalue weighted by atomic mass is 9.99. The molecule has 0 unspecified atom stereocenters. The second-order valence-electron chi connectivity index (χ2n) is 6.06. The number of carbonyl (C=O) groups excluding carboxylic acids is 1. The lowest BCUT2D eigenvalue weighted by Gasteiger charge is -2.21. The molecule has 2 heterocycles. The highest BCUT2D eigenvalue weighted by Gasteiger charge is 2.25. The molecule has 0 aliphatic carbocycles. The van der Waals surface area contributed by atoms with E-state index < -0.39 is 11.5 Å². The highest BCUT2D eigenvalue weighted by molar-refractivity contribution is 6.31. The van der Waals surface area contributed by atoms with Crippen LogP contribution in [-0.4, -0.2) is 15.6 Å². The molecular formula is C19H15ClN2O3. The summed E-state index contributed by atoms with van der Waals surface area (Å²) >= 11 is 5.92. The highest BCUT2D eigenvalue weighted by atomic mass is 35.5. The zero-order valence-corrected chi connectivity index (χ0v) is 14.0. The summed E-state index contributed by atoms with van der Waals surface area (Å²) in [6.45, 7) is 0.532. The molecule has 3 aromatic rings. The second kappa shape index (κ2) is 5.93. The fourth-order valence-electron chi connectivity index (χ4n) is 3.38. The monoisotopic (exact) mass is 354 g/mol. The average molecular weight is 355 g/mol. The third-order valence-electron chi connectivity index (χ3n) is 4.48. The number of hydrogen-bond donors (Lipinski definition) is 2. The predicted octanol–water partition coefficient (Wildman–Crippen LogP) is 3.56. The van der Waals surface area contributed by atoms with E-state index in [0.717, 1.165) is 23.9 Å². The van der Waals surface area contributed by atoms with Crippen LogP contribution in [0.5, 0.6) is 5.75 Å². The van der Waals surface area contributed by atoms with Crippen LogP contribution in [-0.2, 0) is 13.0 Å². The lowest BCUT2D eigenvalue weighted by molar-refractivity contribution is 0.102. The second-order valence-corrected chi connectivity index (χ2v) is 6.50. The molecule has 25 heavy (non-hydrogen) atoms. The van der Waals surface area contributed by atoms with E-state index in [1.54, 1.807) is 34.9 Å². The number of nitrogens with zero attached hydrogens (tertiary/aromatic N) is 1. The van der Waals surface area contributed by atoms with E-state index in [1.165, 1.54) is 0 Å². The Kier molecular flexibility index (Phi) is 3.73. The van der Waals surface area contributed by atoms with Gasteiger partial charge in [-0.15, -0.1) is 0 Å². The van der Waals surface area contributed by atoms with E-state index in [4.69, 9.17) is 11.6 Å².